The summed E-state index contributed by atoms with van der Waals surface area (Å²) in [6.45, 7) is 1.86. The number of aromatic nitrogens is 3. The summed E-state index contributed by atoms with van der Waals surface area (Å²) in [5.74, 6) is -0.0442. The minimum Gasteiger partial charge on any atom is -0.494 e. The summed E-state index contributed by atoms with van der Waals surface area (Å²) >= 11 is 6.18. The first kappa shape index (κ1) is 24.7. The molecule has 10 heteroatoms. The molecule has 0 unspecified atom stereocenters. The number of aromatic hydroxyl groups is 2. The van der Waals surface area contributed by atoms with E-state index in [2.05, 4.69) is 16.0 Å². The van der Waals surface area contributed by atoms with Crippen LogP contribution in [0.15, 0.2) is 60.9 Å². The third kappa shape index (κ3) is 3.27. The molecule has 0 spiro atoms. The Kier molecular flexibility index (Phi) is 5.28. The number of aliphatic hydroxyl groups excluding tert-OH is 1. The first-order valence-electron chi connectivity index (χ1n) is 12.8. The molecule has 9 nitrogen and oxygen atoms in total. The summed E-state index contributed by atoms with van der Waals surface area (Å²) in [5, 5.41) is 46.4. The maximum absolute atomic E-state index is 11.6. The van der Waals surface area contributed by atoms with E-state index in [0.29, 0.717) is 55.0 Å². The van der Waals surface area contributed by atoms with Gasteiger partial charge in [0.25, 0.3) is 0 Å². The van der Waals surface area contributed by atoms with Crippen LogP contribution in [0.1, 0.15) is 36.5 Å². The summed E-state index contributed by atoms with van der Waals surface area (Å²) in [4.78, 5) is 8.51. The number of fused-ring (bicyclic) bond motifs is 7. The van der Waals surface area contributed by atoms with Crippen molar-refractivity contribution in [3.8, 4) is 29.4 Å². The van der Waals surface area contributed by atoms with E-state index in [1.54, 1.807) is 37.3 Å². The molecule has 0 aliphatic carbocycles. The second-order valence-electron chi connectivity index (χ2n) is 10.4. The Morgan fingerprint density at radius 1 is 1.07 bits per heavy atom. The Morgan fingerprint density at radius 2 is 1.85 bits per heavy atom. The van der Waals surface area contributed by atoms with Gasteiger partial charge in [0.1, 0.15) is 17.5 Å². The average Bonchev–Trinajstić information content (AvgIpc) is 3.49. The van der Waals surface area contributed by atoms with Gasteiger partial charge in [0.2, 0.25) is 17.6 Å². The van der Waals surface area contributed by atoms with Gasteiger partial charge in [-0.2, -0.15) is 5.26 Å². The maximum atomic E-state index is 11.6. The van der Waals surface area contributed by atoms with Crippen molar-refractivity contribution < 1.29 is 24.8 Å². The Bertz CT molecular complexity index is 1900. The Labute approximate surface area is 233 Å². The lowest BCUT2D eigenvalue weighted by Gasteiger charge is -2.26. The standard InChI is InChI=1S/C30H23ClN4O5/c1-29-23(36)13-30(40-29,10-11-39-26-20-12-17(31)7-8-21(20)33-15-34-26)25-24(29)27(37)35(28(25)38)22-9-6-16(14-32)18-4-2-3-5-19(18)22/h2-9,12,15,23,36-38H,10-11,13H2,1H3/t23-,29-,30+/m0/s1. The number of halogens is 1. The number of nitrogens with zero attached hydrogens (tertiary/aromatic N) is 4. The molecule has 4 heterocycles. The maximum Gasteiger partial charge on any atom is 0.224 e. The van der Waals surface area contributed by atoms with Gasteiger partial charge in [0.15, 0.2) is 0 Å². The number of hydrogen-bond acceptors (Lipinski definition) is 8. The Morgan fingerprint density at radius 3 is 2.65 bits per heavy atom. The van der Waals surface area contributed by atoms with Crippen molar-refractivity contribution in [3.63, 3.8) is 0 Å². The summed E-state index contributed by atoms with van der Waals surface area (Å²) in [5.41, 5.74) is 0.0917. The zero-order chi connectivity index (χ0) is 27.8. The van der Waals surface area contributed by atoms with Gasteiger partial charge in [-0.25, -0.2) is 9.97 Å². The van der Waals surface area contributed by atoms with Gasteiger partial charge < -0.3 is 24.8 Å². The molecule has 0 saturated carbocycles. The molecule has 3 N–H and O–H groups in total. The highest BCUT2D eigenvalue weighted by atomic mass is 35.5. The minimum atomic E-state index is -1.24. The molecule has 0 radical (unpaired) electrons. The van der Waals surface area contributed by atoms with Crippen molar-refractivity contribution in [2.24, 2.45) is 0 Å². The van der Waals surface area contributed by atoms with Crippen LogP contribution < -0.4 is 4.74 Å². The fourth-order valence-electron chi connectivity index (χ4n) is 6.36. The Balaban J connectivity index is 1.30. The molecule has 7 rings (SSSR count). The lowest BCUT2D eigenvalue weighted by Crippen LogP contribution is -2.33. The summed E-state index contributed by atoms with van der Waals surface area (Å²) in [7, 11) is 0. The van der Waals surface area contributed by atoms with Gasteiger partial charge in [-0.1, -0.05) is 35.9 Å². The summed E-state index contributed by atoms with van der Waals surface area (Å²) < 4.78 is 13.9. The van der Waals surface area contributed by atoms with Crippen LogP contribution in [0.25, 0.3) is 27.4 Å². The largest absolute Gasteiger partial charge is 0.494 e. The number of benzene rings is 3. The van der Waals surface area contributed by atoms with Crippen LogP contribution in [0.2, 0.25) is 5.02 Å². The van der Waals surface area contributed by atoms with Crippen molar-refractivity contribution in [2.75, 3.05) is 6.61 Å². The quantitative estimate of drug-likeness (QED) is 0.270. The van der Waals surface area contributed by atoms with Crippen molar-refractivity contribution in [3.05, 3.63) is 82.6 Å². The Hall–Kier alpha value is -4.36. The zero-order valence-electron chi connectivity index (χ0n) is 21.3. The number of aliphatic hydroxyl groups is 1. The van der Waals surface area contributed by atoms with Crippen molar-refractivity contribution in [1.82, 2.24) is 14.5 Å². The molecule has 3 aromatic carbocycles. The van der Waals surface area contributed by atoms with Gasteiger partial charge in [-0.05, 0) is 37.3 Å². The fraction of sp³-hybridized carbons (Fsp3) is 0.233. The average molecular weight is 555 g/mol. The van der Waals surface area contributed by atoms with Gasteiger partial charge in [-0.15, -0.1) is 0 Å². The minimum absolute atomic E-state index is 0.145. The van der Waals surface area contributed by atoms with Crippen LogP contribution in [0, 0.1) is 11.3 Å². The van der Waals surface area contributed by atoms with Crippen LogP contribution in [-0.4, -0.2) is 42.6 Å². The van der Waals surface area contributed by atoms with E-state index in [4.69, 9.17) is 21.1 Å². The second kappa shape index (κ2) is 8.57. The summed E-state index contributed by atoms with van der Waals surface area (Å²) in [6.07, 6.45) is 0.971. The smallest absolute Gasteiger partial charge is 0.224 e. The molecule has 2 bridgehead atoms. The molecule has 2 aromatic heterocycles. The first-order valence-corrected chi connectivity index (χ1v) is 13.2. The molecular weight excluding hydrogens is 532 g/mol. The van der Waals surface area contributed by atoms with E-state index in [1.807, 2.05) is 24.3 Å². The predicted molar refractivity (Wildman–Crippen MR) is 147 cm³/mol. The summed E-state index contributed by atoms with van der Waals surface area (Å²) in [6, 6.07) is 18.1. The number of hydrogen-bond donors (Lipinski definition) is 3. The van der Waals surface area contributed by atoms with E-state index < -0.39 is 17.3 Å². The molecule has 5 aromatic rings. The van der Waals surface area contributed by atoms with Crippen molar-refractivity contribution in [2.45, 2.75) is 37.1 Å². The fourth-order valence-corrected chi connectivity index (χ4v) is 6.53. The highest BCUT2D eigenvalue weighted by Gasteiger charge is 2.66. The molecular formula is C30H23ClN4O5. The molecule has 0 amide bonds. The van der Waals surface area contributed by atoms with Gasteiger partial charge in [0.05, 0.1) is 52.1 Å². The zero-order valence-corrected chi connectivity index (χ0v) is 22.1. The van der Waals surface area contributed by atoms with Crippen LogP contribution in [0.5, 0.6) is 17.6 Å². The van der Waals surface area contributed by atoms with Crippen LogP contribution in [0.4, 0.5) is 0 Å². The van der Waals surface area contributed by atoms with Crippen LogP contribution in [0.3, 0.4) is 0 Å². The van der Waals surface area contributed by atoms with Crippen LogP contribution in [-0.2, 0) is 15.9 Å². The molecule has 200 valence electrons. The highest BCUT2D eigenvalue weighted by molar-refractivity contribution is 6.31. The van der Waals surface area contributed by atoms with E-state index in [-0.39, 0.29) is 31.2 Å². The normalized spacial score (nSPS) is 23.0. The number of ether oxygens (including phenoxy) is 2. The van der Waals surface area contributed by atoms with E-state index in [0.717, 1.165) is 0 Å². The molecule has 1 saturated heterocycles. The van der Waals surface area contributed by atoms with Gasteiger partial charge in [0, 0.05) is 28.6 Å². The third-order valence-corrected chi connectivity index (χ3v) is 8.44. The topological polar surface area (TPSA) is 134 Å². The first-order chi connectivity index (χ1) is 19.3. The predicted octanol–water partition coefficient (Wildman–Crippen LogP) is 5.18. The number of rotatable bonds is 5. The van der Waals surface area contributed by atoms with Crippen LogP contribution >= 0.6 is 11.6 Å². The lowest BCUT2D eigenvalue weighted by molar-refractivity contribution is -0.107. The van der Waals surface area contributed by atoms with E-state index in [1.165, 1.54) is 10.9 Å². The van der Waals surface area contributed by atoms with Gasteiger partial charge in [-0.3, -0.25) is 4.57 Å². The van der Waals surface area contributed by atoms with E-state index >= 15 is 0 Å². The molecule has 1 fully saturated rings. The van der Waals surface area contributed by atoms with Gasteiger partial charge >= 0.3 is 0 Å². The SMILES string of the molecule is C[C@]12O[C@](CCOc3ncnc4ccc(Cl)cc34)(C[C@@H]1O)c1c2c(O)n(-c2ccc(C#N)c3ccccc23)c1O. The highest BCUT2D eigenvalue weighted by Crippen LogP contribution is 2.65. The van der Waals surface area contributed by atoms with E-state index in [9.17, 15) is 20.6 Å². The molecule has 40 heavy (non-hydrogen) atoms. The van der Waals surface area contributed by atoms with Crippen molar-refractivity contribution in [1.29, 1.82) is 5.26 Å². The molecule has 3 atom stereocenters. The van der Waals surface area contributed by atoms with Crippen molar-refractivity contribution >= 4 is 33.3 Å². The third-order valence-electron chi connectivity index (χ3n) is 8.21. The number of nitriles is 1. The monoisotopic (exact) mass is 554 g/mol. The lowest BCUT2D eigenvalue weighted by atomic mass is 9.76. The second-order valence-corrected chi connectivity index (χ2v) is 10.8. The molecule has 2 aliphatic heterocycles. The molecule has 2 aliphatic rings.